The number of aromatic nitrogens is 2. The number of hydrogen-bond donors (Lipinski definition) is 0. The van der Waals surface area contributed by atoms with Crippen molar-refractivity contribution in [1.82, 2.24) is 9.55 Å². The van der Waals surface area contributed by atoms with Crippen LogP contribution in [-0.2, 0) is 16.6 Å². The van der Waals surface area contributed by atoms with Gasteiger partial charge >= 0.3 is 0 Å². The van der Waals surface area contributed by atoms with Crippen LogP contribution in [0, 0.1) is 0 Å². The second-order valence-electron chi connectivity index (χ2n) is 11.6. The zero-order valence-electron chi connectivity index (χ0n) is 21.9. The quantitative estimate of drug-likeness (QED) is 0.227. The molecule has 1 aliphatic heterocycles. The van der Waals surface area contributed by atoms with Crippen molar-refractivity contribution in [2.45, 2.75) is 120 Å². The third kappa shape index (κ3) is 5.00. The minimum atomic E-state index is -0.212. The maximum atomic E-state index is 14.6. The molecule has 3 aliphatic rings. The lowest BCUT2D eigenvalue weighted by Crippen LogP contribution is -2.45. The highest BCUT2D eigenvalue weighted by molar-refractivity contribution is 7.99. The van der Waals surface area contributed by atoms with E-state index in [1.807, 2.05) is 0 Å². The first-order valence-electron chi connectivity index (χ1n) is 14.0. The summed E-state index contributed by atoms with van der Waals surface area (Å²) in [6.07, 6.45) is 13.6. The van der Waals surface area contributed by atoms with Gasteiger partial charge < -0.3 is 4.74 Å². The Kier molecular flexibility index (Phi) is 7.46. The summed E-state index contributed by atoms with van der Waals surface area (Å²) < 4.78 is 8.17. The van der Waals surface area contributed by atoms with Crippen LogP contribution in [0.1, 0.15) is 109 Å². The molecule has 0 unspecified atom stereocenters. The Morgan fingerprint density at radius 3 is 2.69 bits per heavy atom. The van der Waals surface area contributed by atoms with Gasteiger partial charge in [0.15, 0.2) is 5.16 Å². The van der Waals surface area contributed by atoms with Crippen molar-refractivity contribution < 1.29 is 4.74 Å². The molecule has 1 saturated heterocycles. The summed E-state index contributed by atoms with van der Waals surface area (Å²) in [5.41, 5.74) is 4.54. The van der Waals surface area contributed by atoms with Crippen LogP contribution in [0.3, 0.4) is 0 Å². The van der Waals surface area contributed by atoms with E-state index in [9.17, 15) is 4.79 Å². The molecule has 1 saturated carbocycles. The molecule has 0 bridgehead atoms. The van der Waals surface area contributed by atoms with Crippen molar-refractivity contribution in [2.75, 3.05) is 12.4 Å². The Labute approximate surface area is 215 Å². The van der Waals surface area contributed by atoms with E-state index in [-0.39, 0.29) is 22.6 Å². The Hall–Kier alpha value is -1.59. The minimum Gasteiger partial charge on any atom is -0.375 e. The van der Waals surface area contributed by atoms with E-state index in [1.165, 1.54) is 56.1 Å². The first kappa shape index (κ1) is 25.1. The number of rotatable bonds is 7. The first-order chi connectivity index (χ1) is 16.9. The molecule has 1 spiro atoms. The molecular formula is C30H42N2O2S. The van der Waals surface area contributed by atoms with E-state index in [2.05, 4.69) is 49.6 Å². The van der Waals surface area contributed by atoms with Gasteiger partial charge in [0, 0.05) is 29.4 Å². The summed E-state index contributed by atoms with van der Waals surface area (Å²) in [4.78, 5) is 20.0. The van der Waals surface area contributed by atoms with Gasteiger partial charge in [-0.25, -0.2) is 4.98 Å². The summed E-state index contributed by atoms with van der Waals surface area (Å²) in [7, 11) is 0. The fourth-order valence-electron chi connectivity index (χ4n) is 6.74. The van der Waals surface area contributed by atoms with Gasteiger partial charge in [0.1, 0.15) is 0 Å². The molecule has 5 rings (SSSR count). The molecule has 4 nitrogen and oxygen atoms in total. The standard InChI is InChI=1S/C30H42N2O2S/c1-4-5-6-12-19-35-28-31-26-24-14-9-8-13-22(24)20-30(16-10-7-11-17-30)25(26)27(33)32(28)23-15-18-34-29(2,3)21-23/h8-9,13-14,23H,4-7,10-12,15-21H2,1-3H3/t23-/m0/s1. The highest BCUT2D eigenvalue weighted by Crippen LogP contribution is 2.49. The van der Waals surface area contributed by atoms with Crippen LogP contribution in [0.4, 0.5) is 0 Å². The molecular weight excluding hydrogens is 452 g/mol. The lowest BCUT2D eigenvalue weighted by molar-refractivity contribution is -0.0710. The van der Waals surface area contributed by atoms with Crippen molar-refractivity contribution in [2.24, 2.45) is 0 Å². The first-order valence-corrected chi connectivity index (χ1v) is 14.9. The SMILES string of the molecule is CCCCCCSc1nc2c(c(=O)n1[C@H]1CCOC(C)(C)C1)C1(CCCCC1)Cc1ccccc1-2. The van der Waals surface area contributed by atoms with Gasteiger partial charge in [0.2, 0.25) is 0 Å². The van der Waals surface area contributed by atoms with E-state index in [0.29, 0.717) is 6.61 Å². The Morgan fingerprint density at radius 2 is 1.91 bits per heavy atom. The molecule has 0 radical (unpaired) electrons. The van der Waals surface area contributed by atoms with Gasteiger partial charge in [-0.3, -0.25) is 9.36 Å². The van der Waals surface area contributed by atoms with Crippen molar-refractivity contribution in [3.63, 3.8) is 0 Å². The van der Waals surface area contributed by atoms with Crippen LogP contribution in [0.25, 0.3) is 11.3 Å². The molecule has 1 aromatic heterocycles. The molecule has 2 heterocycles. The molecule has 5 heteroatoms. The fraction of sp³-hybridized carbons (Fsp3) is 0.667. The fourth-order valence-corrected chi connectivity index (χ4v) is 7.79. The zero-order chi connectivity index (χ0) is 24.5. The molecule has 2 aliphatic carbocycles. The van der Waals surface area contributed by atoms with Crippen LogP contribution >= 0.6 is 11.8 Å². The molecule has 0 amide bonds. The topological polar surface area (TPSA) is 44.1 Å². The second-order valence-corrected chi connectivity index (χ2v) is 12.7. The van der Waals surface area contributed by atoms with E-state index in [1.54, 1.807) is 11.8 Å². The van der Waals surface area contributed by atoms with Gasteiger partial charge in [-0.15, -0.1) is 0 Å². The average Bonchev–Trinajstić information content (AvgIpc) is 2.83. The van der Waals surface area contributed by atoms with Crippen LogP contribution in [0.2, 0.25) is 0 Å². The molecule has 0 N–H and O–H groups in total. The molecule has 190 valence electrons. The van der Waals surface area contributed by atoms with Crippen LogP contribution in [0.15, 0.2) is 34.2 Å². The van der Waals surface area contributed by atoms with Gasteiger partial charge in [0.25, 0.3) is 5.56 Å². The summed E-state index contributed by atoms with van der Waals surface area (Å²) >= 11 is 1.80. The Balaban J connectivity index is 1.64. The lowest BCUT2D eigenvalue weighted by Gasteiger charge is -2.43. The third-order valence-electron chi connectivity index (χ3n) is 8.49. The Morgan fingerprint density at radius 1 is 1.11 bits per heavy atom. The molecule has 1 atom stereocenters. The summed E-state index contributed by atoms with van der Waals surface area (Å²) in [6.45, 7) is 7.27. The van der Waals surface area contributed by atoms with Crippen molar-refractivity contribution >= 4 is 11.8 Å². The van der Waals surface area contributed by atoms with Gasteiger partial charge in [0.05, 0.1) is 16.9 Å². The highest BCUT2D eigenvalue weighted by atomic mass is 32.2. The minimum absolute atomic E-state index is 0.0568. The maximum absolute atomic E-state index is 14.6. The smallest absolute Gasteiger partial charge is 0.258 e. The van der Waals surface area contributed by atoms with Gasteiger partial charge in [-0.05, 0) is 57.9 Å². The van der Waals surface area contributed by atoms with Crippen LogP contribution < -0.4 is 5.56 Å². The zero-order valence-corrected chi connectivity index (χ0v) is 22.7. The van der Waals surface area contributed by atoms with Gasteiger partial charge in [-0.1, -0.05) is 81.5 Å². The van der Waals surface area contributed by atoms with E-state index < -0.39 is 0 Å². The van der Waals surface area contributed by atoms with Crippen molar-refractivity contribution in [3.8, 4) is 11.3 Å². The molecule has 35 heavy (non-hydrogen) atoms. The summed E-state index contributed by atoms with van der Waals surface area (Å²) in [5.74, 6) is 1.02. The number of thioether (sulfide) groups is 1. The van der Waals surface area contributed by atoms with Crippen LogP contribution in [0.5, 0.6) is 0 Å². The largest absolute Gasteiger partial charge is 0.375 e. The maximum Gasteiger partial charge on any atom is 0.258 e. The van der Waals surface area contributed by atoms with Crippen molar-refractivity contribution in [1.29, 1.82) is 0 Å². The number of benzene rings is 1. The van der Waals surface area contributed by atoms with E-state index in [0.717, 1.165) is 54.3 Å². The number of hydrogen-bond acceptors (Lipinski definition) is 4. The van der Waals surface area contributed by atoms with Crippen LogP contribution in [-0.4, -0.2) is 27.5 Å². The monoisotopic (exact) mass is 494 g/mol. The predicted molar refractivity (Wildman–Crippen MR) is 146 cm³/mol. The normalized spacial score (nSPS) is 22.5. The number of ether oxygens (including phenoxy) is 1. The average molecular weight is 495 g/mol. The van der Waals surface area contributed by atoms with E-state index >= 15 is 0 Å². The third-order valence-corrected chi connectivity index (χ3v) is 9.53. The molecule has 2 fully saturated rings. The molecule has 1 aromatic carbocycles. The summed E-state index contributed by atoms with van der Waals surface area (Å²) in [5, 5.41) is 0.926. The highest BCUT2D eigenvalue weighted by Gasteiger charge is 2.44. The van der Waals surface area contributed by atoms with Crippen molar-refractivity contribution in [3.05, 3.63) is 45.7 Å². The second kappa shape index (κ2) is 10.4. The van der Waals surface area contributed by atoms with E-state index in [4.69, 9.17) is 9.72 Å². The predicted octanol–water partition coefficient (Wildman–Crippen LogP) is 7.47. The summed E-state index contributed by atoms with van der Waals surface area (Å²) in [6, 6.07) is 8.86. The number of fused-ring (bicyclic) bond motifs is 4. The molecule has 2 aromatic rings. The number of nitrogens with zero attached hydrogens (tertiary/aromatic N) is 2. The lowest BCUT2D eigenvalue weighted by atomic mass is 9.62. The van der Waals surface area contributed by atoms with Gasteiger partial charge in [-0.2, -0.15) is 0 Å². The number of unbranched alkanes of at least 4 members (excludes halogenated alkanes) is 3. The Bertz CT molecular complexity index is 1100.